The van der Waals surface area contributed by atoms with Gasteiger partial charge in [-0.25, -0.2) is 29.9 Å². The van der Waals surface area contributed by atoms with E-state index < -0.39 is 593 Å². The van der Waals surface area contributed by atoms with Crippen molar-refractivity contribution >= 4 is 109 Å². The molecule has 534 valence electrons. The maximum atomic E-state index is 10.2. The summed E-state index contributed by atoms with van der Waals surface area (Å²) in [5.74, 6) is -5.54. The number of rotatable bonds is 11. The Morgan fingerprint density at radius 1 is 0.167 bits per heavy atom. The molecule has 0 aliphatic rings. The van der Waals surface area contributed by atoms with Crippen LogP contribution in [0.15, 0.2) is 387 Å². The highest BCUT2D eigenvalue weighted by Crippen LogP contribution is 2.42. The number of fused-ring (bicyclic) bond motifs is 15. The Morgan fingerprint density at radius 2 is 0.386 bits per heavy atom. The third-order valence-electron chi connectivity index (χ3n) is 17.7. The van der Waals surface area contributed by atoms with Crippen molar-refractivity contribution < 1.29 is 87.7 Å². The number of nitrogens with zero attached hydrogens (tertiary/aromatic N) is 11. The van der Waals surface area contributed by atoms with Crippen LogP contribution in [-0.4, -0.2) is 52.7 Å². The summed E-state index contributed by atoms with van der Waals surface area (Å²) in [6, 6.07) is -60.1. The van der Waals surface area contributed by atoms with Crippen LogP contribution in [0.3, 0.4) is 0 Å². The smallest absolute Gasteiger partial charge is 0.164 e. The largest absolute Gasteiger partial charge is 0.309 e. The summed E-state index contributed by atoms with van der Waals surface area (Å²) in [7, 11) is 0. The molecule has 23 rings (SSSR count). The van der Waals surface area contributed by atoms with Gasteiger partial charge in [-0.2, -0.15) is 0 Å². The van der Waals surface area contributed by atoms with Gasteiger partial charge in [0.05, 0.1) is 143 Å². The minimum absolute atomic E-state index is 0.196. The van der Waals surface area contributed by atoms with E-state index in [0.717, 1.165) is 9.13 Å². The van der Waals surface area contributed by atoms with E-state index in [1.54, 1.807) is 0 Å². The molecule has 0 aliphatic heterocycles. The molecule has 0 saturated heterocycles. The number of para-hydroxylation sites is 8. The van der Waals surface area contributed by atoms with Gasteiger partial charge in [0, 0.05) is 116 Å². The van der Waals surface area contributed by atoms with E-state index in [0.29, 0.717) is 13.7 Å². The van der Waals surface area contributed by atoms with Crippen LogP contribution in [0.2, 0.25) is 0 Å². The van der Waals surface area contributed by atoms with Gasteiger partial charge < -0.3 is 22.8 Å². The molecular formula is C103H67N11. The van der Waals surface area contributed by atoms with Crippen molar-refractivity contribution in [1.29, 1.82) is 0 Å². The molecule has 7 aromatic heterocycles. The maximum Gasteiger partial charge on any atom is 0.164 e. The lowest BCUT2D eigenvalue weighted by molar-refractivity contribution is 1.07. The van der Waals surface area contributed by atoms with Crippen LogP contribution in [0.5, 0.6) is 0 Å². The monoisotopic (exact) mass is 1520 g/mol. The summed E-state index contributed by atoms with van der Waals surface area (Å²) < 4.78 is 581. The molecule has 0 spiro atoms. The molecule has 7 heterocycles. The van der Waals surface area contributed by atoms with Crippen molar-refractivity contribution in [3.8, 4) is 96.8 Å². The first-order valence-electron chi connectivity index (χ1n) is 65.3. The van der Waals surface area contributed by atoms with Gasteiger partial charge in [-0.15, -0.1) is 0 Å². The van der Waals surface area contributed by atoms with Gasteiger partial charge >= 0.3 is 0 Å². The van der Waals surface area contributed by atoms with Crippen LogP contribution in [0, 0.1) is 6.92 Å². The van der Waals surface area contributed by atoms with Crippen molar-refractivity contribution in [2.75, 3.05) is 0 Å². The Kier molecular flexibility index (Phi) is 6.59. The molecule has 11 nitrogen and oxygen atoms in total. The summed E-state index contributed by atoms with van der Waals surface area (Å²) in [5.41, 5.74) is -16.4. The molecule has 0 fully saturated rings. The minimum atomic E-state index is -1.18. The van der Waals surface area contributed by atoms with Gasteiger partial charge in [0.25, 0.3) is 0 Å². The SMILES string of the molecule is [2H]c1c([2H])c([2H])c(-c2nc(-c3c([2H])c([2H])c([2H])c([2H])c3[2H])nc(-c3c([2H])c([2H])c([2H])c(-n4c5c([2H])c([2H])c([2H])c([2H])c5c5c([2H])c(-n6c7c([2H])c([2H])c([2H])c([2H])c7c7c([2H])c([2H])c([2H])c([2H])c76)c([2H])c([2H])c54)c3[2H])n2)c([2H])c1[2H].[2H]c1c([2H])c([2H])c(-n2c3c([2H])c([2H])c([2H])c([2H])c3c3c([2H])c(-c4nc(-c5c([2H])c([2H])c(C)c([2H])c5[2H])nc(-c5c([2H])c([2H])c([2H])c(-n6c7c([2H])c([2H])c([2H])c([2H])c7c7c([2H])c(-n8c9c([2H])c([2H])c([2H])c([2H])c9c9c([2H])c([2H])c([2H])c([2H])c98)c([2H])c([2H])c76)c5[2H])n4)c([2H])c([2H])c32)c([2H])c1[2H]. The second kappa shape index (κ2) is 27.0. The van der Waals surface area contributed by atoms with Crippen LogP contribution >= 0.6 is 0 Å². The predicted octanol–water partition coefficient (Wildman–Crippen LogP) is 25.5. The lowest BCUT2D eigenvalue weighted by Gasteiger charge is -2.12. The Balaban J connectivity index is 0.000000198. The minimum Gasteiger partial charge on any atom is -0.309 e. The first kappa shape index (κ1) is 27.8. The molecule has 0 atom stereocenters. The second-order valence-electron chi connectivity index (χ2n) is 24.1. The van der Waals surface area contributed by atoms with E-state index in [1.807, 2.05) is 0 Å². The number of hydrogen-bond donors (Lipinski definition) is 0. The number of aromatic nitrogens is 11. The van der Waals surface area contributed by atoms with Gasteiger partial charge in [0.2, 0.25) is 0 Å². The van der Waals surface area contributed by atoms with Crippen LogP contribution < -0.4 is 0 Å². The molecule has 0 radical (unpaired) electrons. The third kappa shape index (κ3) is 11.0. The summed E-state index contributed by atoms with van der Waals surface area (Å²) >= 11 is 0. The molecular weight excluding hydrogens is 1390 g/mol. The van der Waals surface area contributed by atoms with Crippen molar-refractivity contribution in [3.05, 3.63) is 392 Å². The van der Waals surface area contributed by atoms with Crippen molar-refractivity contribution in [2.24, 2.45) is 0 Å². The first-order valence-corrected chi connectivity index (χ1v) is 33.3. The average molecular weight is 1520 g/mol. The Hall–Kier alpha value is -15.5. The Labute approximate surface area is 745 Å². The molecule has 0 saturated carbocycles. The van der Waals surface area contributed by atoms with Crippen molar-refractivity contribution in [2.45, 2.75) is 6.92 Å². The highest BCUT2D eigenvalue weighted by molar-refractivity contribution is 6.15. The zero-order chi connectivity index (χ0) is 131. The van der Waals surface area contributed by atoms with Crippen LogP contribution in [0.25, 0.3) is 206 Å². The highest BCUT2D eigenvalue weighted by Gasteiger charge is 2.23. The third-order valence-corrected chi connectivity index (χ3v) is 17.7. The van der Waals surface area contributed by atoms with E-state index >= 15 is 0 Å². The van der Waals surface area contributed by atoms with Gasteiger partial charge in [0.1, 0.15) is 0 Å². The lowest BCUT2D eigenvalue weighted by Crippen LogP contribution is -2.01. The average Bonchev–Trinajstić information content (AvgIpc) is 1.52. The van der Waals surface area contributed by atoms with Gasteiger partial charge in [-0.1, -0.05) is 259 Å². The zero-order valence-corrected chi connectivity index (χ0v) is 56.9. The fourth-order valence-corrected chi connectivity index (χ4v) is 12.9. The molecule has 23 aromatic rings. The predicted molar refractivity (Wildman–Crippen MR) is 469 cm³/mol. The molecule has 0 amide bonds. The molecule has 16 aromatic carbocycles. The summed E-state index contributed by atoms with van der Waals surface area (Å²) in [5, 5.41) is -5.96. The first-order chi connectivity index (χ1) is 83.1. The quantitative estimate of drug-likeness (QED) is 0.128. The molecule has 0 bridgehead atoms. The highest BCUT2D eigenvalue weighted by atomic mass is 15.1. The summed E-state index contributed by atoms with van der Waals surface area (Å²) in [6.45, 7) is 1.25. The fourth-order valence-electron chi connectivity index (χ4n) is 12.9. The van der Waals surface area contributed by atoms with E-state index in [-0.39, 0.29) is 5.56 Å². The van der Waals surface area contributed by atoms with Crippen molar-refractivity contribution in [3.63, 3.8) is 0 Å². The van der Waals surface area contributed by atoms with E-state index in [2.05, 4.69) is 29.9 Å². The van der Waals surface area contributed by atoms with Crippen LogP contribution in [0.1, 0.15) is 93.3 Å². The lowest BCUT2D eigenvalue weighted by atomic mass is 10.1. The Bertz CT molecular complexity index is 11500. The topological polar surface area (TPSA) is 102 Å². The zero-order valence-electron chi connectivity index (χ0n) is 121. The van der Waals surface area contributed by atoms with Gasteiger partial charge in [-0.3, -0.25) is 0 Å². The molecule has 0 N–H and O–H groups in total. The van der Waals surface area contributed by atoms with Crippen molar-refractivity contribution in [1.82, 2.24) is 52.7 Å². The maximum absolute atomic E-state index is 10.2. The molecule has 0 aliphatic carbocycles. The van der Waals surface area contributed by atoms with Crippen LogP contribution in [0.4, 0.5) is 0 Å². The Morgan fingerprint density at radius 3 is 0.737 bits per heavy atom. The van der Waals surface area contributed by atoms with E-state index in [4.69, 9.17) is 58.9 Å². The molecule has 114 heavy (non-hydrogen) atoms. The second-order valence-corrected chi connectivity index (χ2v) is 24.1. The normalized spacial score (nSPS) is 19.6. The van der Waals surface area contributed by atoms with Crippen LogP contribution in [-0.2, 0) is 0 Å². The molecule has 11 heteroatoms. The number of hydrogen-bond acceptors (Lipinski definition) is 6. The van der Waals surface area contributed by atoms with Gasteiger partial charge in [0.15, 0.2) is 34.9 Å². The van der Waals surface area contributed by atoms with Gasteiger partial charge in [-0.05, 0) is 140 Å². The van der Waals surface area contributed by atoms with E-state index in [1.165, 1.54) is 6.92 Å². The van der Waals surface area contributed by atoms with E-state index in [9.17, 15) is 28.8 Å². The fraction of sp³-hybridized carbons (Fsp3) is 0.00971. The summed E-state index contributed by atoms with van der Waals surface area (Å²) in [6.07, 6.45) is 0. The summed E-state index contributed by atoms with van der Waals surface area (Å²) in [4.78, 5) is 26.1. The number of benzene rings is 16. The molecule has 0 unspecified atom stereocenters. The standard InChI is InChI=1S/C58H38N6.C45H29N5/c1-37-26-28-38(29-27-37)56-59-57(61-58(60-56)40-30-32-54-48(35-40)46-20-7-11-24-52(46)62(54)41-15-3-2-4-16-41)39-14-13-17-42(34-39)63-53-25-12-8-21-47(53)49-36-43(31-33-55(49)63)64-50-22-9-5-18-44(50)45-19-6-10-23-51(45)64;1-3-14-30(15-4-1)43-46-44(31-16-5-2-6-17-31)48-45(47-43)32-18-13-19-33(28-32)49-41-25-12-9-22-37(41)38-29-34(26-27-42(38)49)50-39-23-10-7-20-35(39)36-21-8-11-24-40(36)50/h2-36H,1H3;1-29H/i2D,3D,4D,5D,6D,7D,8D,9D,10D,11D,12D,13D,14D,15D,16D,17D,18D,19D,20D,21D,22D,23D,24D,25D,26D,27D,28D,29D,30D,31D,32D,33D,34D,35D,36D;1D,2D,3D,4D,5D,6D,7D,8D,9D,10D,11D,12D,13D,14D,15D,16D,17D,18D,19D,20D,21D,22D,23D,24D,25D,26D,27D,28D,29D.